The van der Waals surface area contributed by atoms with Crippen LogP contribution in [-0.4, -0.2) is 34.5 Å². The van der Waals surface area contributed by atoms with Crippen LogP contribution in [0.2, 0.25) is 0 Å². The maximum Gasteiger partial charge on any atom is 0.306 e. The number of carboxylic acid groups (broad SMARTS) is 1. The highest BCUT2D eigenvalue weighted by Gasteiger charge is 2.41. The first-order valence-electron chi connectivity index (χ1n) is 8.94. The lowest BCUT2D eigenvalue weighted by molar-refractivity contribution is -0.141. The minimum absolute atomic E-state index is 0.0368. The summed E-state index contributed by atoms with van der Waals surface area (Å²) in [5, 5.41) is 18.7. The molecule has 0 aliphatic carbocycles. The van der Waals surface area contributed by atoms with E-state index >= 15 is 0 Å². The van der Waals surface area contributed by atoms with E-state index in [0.717, 1.165) is 44.9 Å². The van der Waals surface area contributed by atoms with Crippen LogP contribution >= 0.6 is 0 Å². The summed E-state index contributed by atoms with van der Waals surface area (Å²) in [5.41, 5.74) is 0. The normalized spacial score (nSPS) is 23.4. The first-order valence-corrected chi connectivity index (χ1v) is 8.94. The Morgan fingerprint density at radius 1 is 1.17 bits per heavy atom. The van der Waals surface area contributed by atoms with Crippen LogP contribution < -0.4 is 0 Å². The van der Waals surface area contributed by atoms with E-state index < -0.39 is 12.1 Å². The number of carbonyl (C=O) groups is 1. The topological polar surface area (TPSA) is 70.1 Å². The molecule has 0 spiro atoms. The van der Waals surface area contributed by atoms with Crippen LogP contribution in [0.15, 0.2) is 24.3 Å². The number of epoxide rings is 1. The minimum Gasteiger partial charge on any atom is -0.481 e. The molecule has 0 aromatic carbocycles. The van der Waals surface area contributed by atoms with Crippen molar-refractivity contribution in [3.8, 4) is 0 Å². The molecule has 1 aliphatic rings. The highest BCUT2D eigenvalue weighted by atomic mass is 16.6. The fourth-order valence-electron chi connectivity index (χ4n) is 2.56. The summed E-state index contributed by atoms with van der Waals surface area (Å²) in [6.07, 6.45) is 15.7. The van der Waals surface area contributed by atoms with Crippen molar-refractivity contribution in [2.24, 2.45) is 5.92 Å². The van der Waals surface area contributed by atoms with Gasteiger partial charge < -0.3 is 14.9 Å². The van der Waals surface area contributed by atoms with E-state index in [-0.39, 0.29) is 18.1 Å². The highest BCUT2D eigenvalue weighted by Crippen LogP contribution is 2.28. The molecule has 23 heavy (non-hydrogen) atoms. The molecule has 1 heterocycles. The number of allylic oxidation sites excluding steroid dienone is 2. The molecular weight excluding hydrogens is 292 g/mol. The van der Waals surface area contributed by atoms with Crippen LogP contribution in [0.1, 0.15) is 65.2 Å². The molecule has 4 nitrogen and oxygen atoms in total. The van der Waals surface area contributed by atoms with E-state index in [4.69, 9.17) is 9.84 Å². The standard InChI is InChI=1S/C19H32O4/c1-3-4-9-13-16(20)18-17(23-18)14-11-8-6-5-7-10-12-15(2)19(21)22/h4,9,11,14-18,20H,3,5-8,10,12-13H2,1-2H3,(H,21,22)/b9-4-,14-11-/t15?,16-,17-,18-/m0/s1. The molecule has 0 amide bonds. The van der Waals surface area contributed by atoms with Crippen LogP contribution in [0.3, 0.4) is 0 Å². The number of rotatable bonds is 13. The minimum atomic E-state index is -0.695. The molecule has 2 N–H and O–H groups in total. The Balaban J connectivity index is 1.97. The quantitative estimate of drug-likeness (QED) is 0.304. The number of aliphatic hydroxyl groups is 1. The molecule has 0 aromatic heterocycles. The first-order chi connectivity index (χ1) is 11.1. The summed E-state index contributed by atoms with van der Waals surface area (Å²) >= 11 is 0. The van der Waals surface area contributed by atoms with Gasteiger partial charge in [0.2, 0.25) is 0 Å². The van der Waals surface area contributed by atoms with E-state index in [2.05, 4.69) is 25.2 Å². The molecule has 0 saturated carbocycles. The van der Waals surface area contributed by atoms with Crippen LogP contribution in [0.5, 0.6) is 0 Å². The zero-order chi connectivity index (χ0) is 17.1. The van der Waals surface area contributed by atoms with Crippen molar-refractivity contribution in [1.29, 1.82) is 0 Å². The number of ether oxygens (including phenoxy) is 1. The highest BCUT2D eigenvalue weighted by molar-refractivity contribution is 5.69. The van der Waals surface area contributed by atoms with Crippen LogP contribution in [0, 0.1) is 5.92 Å². The Morgan fingerprint density at radius 3 is 2.61 bits per heavy atom. The van der Waals surface area contributed by atoms with Crippen molar-refractivity contribution in [3.05, 3.63) is 24.3 Å². The Labute approximate surface area is 140 Å². The van der Waals surface area contributed by atoms with Crippen LogP contribution in [-0.2, 0) is 9.53 Å². The summed E-state index contributed by atoms with van der Waals surface area (Å²) in [5.74, 6) is -0.920. The monoisotopic (exact) mass is 324 g/mol. The van der Waals surface area contributed by atoms with Crippen molar-refractivity contribution >= 4 is 5.97 Å². The Hall–Kier alpha value is -1.13. The van der Waals surface area contributed by atoms with Gasteiger partial charge in [0, 0.05) is 0 Å². The largest absolute Gasteiger partial charge is 0.481 e. The molecule has 4 atom stereocenters. The first kappa shape index (κ1) is 19.9. The van der Waals surface area contributed by atoms with Crippen molar-refractivity contribution in [1.82, 2.24) is 0 Å². The number of hydrogen-bond acceptors (Lipinski definition) is 3. The lowest BCUT2D eigenvalue weighted by Crippen LogP contribution is -2.15. The number of aliphatic carboxylic acids is 1. The maximum atomic E-state index is 10.7. The molecule has 132 valence electrons. The van der Waals surface area contributed by atoms with Crippen molar-refractivity contribution < 1.29 is 19.7 Å². The van der Waals surface area contributed by atoms with Crippen molar-refractivity contribution in [2.75, 3.05) is 0 Å². The second-order valence-electron chi connectivity index (χ2n) is 6.41. The Bertz CT molecular complexity index is 389. The van der Waals surface area contributed by atoms with Crippen LogP contribution in [0.25, 0.3) is 0 Å². The molecule has 0 radical (unpaired) electrons. The molecular formula is C19H32O4. The van der Waals surface area contributed by atoms with Gasteiger partial charge >= 0.3 is 5.97 Å². The second kappa shape index (κ2) is 11.4. The Morgan fingerprint density at radius 2 is 1.91 bits per heavy atom. The molecule has 1 unspecified atom stereocenters. The Kier molecular flexibility index (Phi) is 9.88. The van der Waals surface area contributed by atoms with Crippen molar-refractivity contribution in [3.63, 3.8) is 0 Å². The summed E-state index contributed by atoms with van der Waals surface area (Å²) in [4.78, 5) is 10.7. The molecule has 1 rings (SSSR count). The lowest BCUT2D eigenvalue weighted by atomic mass is 10.0. The van der Waals surface area contributed by atoms with Gasteiger partial charge in [-0.05, 0) is 32.1 Å². The van der Waals surface area contributed by atoms with Gasteiger partial charge in [-0.2, -0.15) is 0 Å². The molecule has 0 aromatic rings. The van der Waals surface area contributed by atoms with Gasteiger partial charge in [-0.3, -0.25) is 4.79 Å². The number of carboxylic acids is 1. The predicted octanol–water partition coefficient (Wildman–Crippen LogP) is 4.09. The summed E-state index contributed by atoms with van der Waals surface area (Å²) in [6.45, 7) is 3.85. The molecule has 0 bridgehead atoms. The fraction of sp³-hybridized carbons (Fsp3) is 0.737. The molecule has 1 aliphatic heterocycles. The van der Waals surface area contributed by atoms with Gasteiger partial charge in [-0.1, -0.05) is 57.4 Å². The SMILES string of the molecule is CC/C=C\C[C@H](O)[C@@H]1O[C@H]1/C=C\CCCCCCC(C)C(=O)O. The van der Waals surface area contributed by atoms with Crippen LogP contribution in [0.4, 0.5) is 0 Å². The summed E-state index contributed by atoms with van der Waals surface area (Å²) < 4.78 is 5.48. The van der Waals surface area contributed by atoms with Gasteiger partial charge in [0.25, 0.3) is 0 Å². The van der Waals surface area contributed by atoms with Crippen molar-refractivity contribution in [2.45, 2.75) is 83.5 Å². The molecule has 1 saturated heterocycles. The molecule has 4 heteroatoms. The van der Waals surface area contributed by atoms with E-state index in [1.807, 2.05) is 6.08 Å². The van der Waals surface area contributed by atoms with Gasteiger partial charge in [-0.15, -0.1) is 0 Å². The zero-order valence-electron chi connectivity index (χ0n) is 14.5. The van der Waals surface area contributed by atoms with Gasteiger partial charge in [0.05, 0.1) is 12.0 Å². The second-order valence-corrected chi connectivity index (χ2v) is 6.41. The van der Waals surface area contributed by atoms with Gasteiger partial charge in [0.15, 0.2) is 0 Å². The van der Waals surface area contributed by atoms with E-state index in [1.165, 1.54) is 0 Å². The molecule has 1 fully saturated rings. The predicted molar refractivity (Wildman–Crippen MR) is 92.4 cm³/mol. The van der Waals surface area contributed by atoms with Gasteiger partial charge in [0.1, 0.15) is 12.2 Å². The summed E-state index contributed by atoms with van der Waals surface area (Å²) in [6, 6.07) is 0. The van der Waals surface area contributed by atoms with E-state index in [0.29, 0.717) is 6.42 Å². The number of hydrogen-bond donors (Lipinski definition) is 2. The number of aliphatic hydroxyl groups excluding tert-OH is 1. The average Bonchev–Trinajstić information content (AvgIpc) is 3.29. The van der Waals surface area contributed by atoms with E-state index in [9.17, 15) is 9.90 Å². The summed E-state index contributed by atoms with van der Waals surface area (Å²) in [7, 11) is 0. The average molecular weight is 324 g/mol. The number of unbranched alkanes of at least 4 members (excludes halogenated alkanes) is 4. The fourth-order valence-corrected chi connectivity index (χ4v) is 2.56. The lowest BCUT2D eigenvalue weighted by Gasteiger charge is -2.04. The van der Waals surface area contributed by atoms with E-state index in [1.54, 1.807) is 6.92 Å². The third kappa shape index (κ3) is 8.92. The maximum absolute atomic E-state index is 10.7. The smallest absolute Gasteiger partial charge is 0.306 e. The third-order valence-electron chi connectivity index (χ3n) is 4.23. The zero-order valence-corrected chi connectivity index (χ0v) is 14.5. The van der Waals surface area contributed by atoms with Gasteiger partial charge in [-0.25, -0.2) is 0 Å². The third-order valence-corrected chi connectivity index (χ3v) is 4.23.